The van der Waals surface area contributed by atoms with Gasteiger partial charge in [-0.2, -0.15) is 0 Å². The van der Waals surface area contributed by atoms with Crippen molar-refractivity contribution in [1.29, 1.82) is 0 Å². The molecule has 0 aliphatic carbocycles. The van der Waals surface area contributed by atoms with Crippen LogP contribution in [0, 0.1) is 0 Å². The van der Waals surface area contributed by atoms with Gasteiger partial charge in [-0.25, -0.2) is 4.99 Å². The van der Waals surface area contributed by atoms with E-state index in [1.54, 1.807) is 4.90 Å². The van der Waals surface area contributed by atoms with E-state index >= 15 is 0 Å². The van der Waals surface area contributed by atoms with Gasteiger partial charge in [0.05, 0.1) is 16.3 Å². The van der Waals surface area contributed by atoms with Gasteiger partial charge in [0.2, 0.25) is 0 Å². The molecular weight excluding hydrogens is 378 g/mol. The van der Waals surface area contributed by atoms with E-state index in [4.69, 9.17) is 4.99 Å². The normalized spacial score (nSPS) is 17.0. The predicted octanol–water partition coefficient (Wildman–Crippen LogP) is 5.98. The molecule has 1 fully saturated rings. The zero-order valence-corrected chi connectivity index (χ0v) is 16.3. The van der Waals surface area contributed by atoms with Crippen molar-refractivity contribution in [2.45, 2.75) is 0 Å². The van der Waals surface area contributed by atoms with Crippen LogP contribution in [0.3, 0.4) is 0 Å². The van der Waals surface area contributed by atoms with E-state index < -0.39 is 0 Å². The number of hydrogen-bond acceptors (Lipinski definition) is 3. The highest BCUT2D eigenvalue weighted by Gasteiger charge is 2.34. The molecule has 140 valence electrons. The van der Waals surface area contributed by atoms with Gasteiger partial charge in [0.25, 0.3) is 5.91 Å². The van der Waals surface area contributed by atoms with Gasteiger partial charge in [-0.3, -0.25) is 9.69 Å². The number of fused-ring (bicyclic) bond motifs is 1. The molecule has 5 rings (SSSR count). The molecule has 4 aromatic rings. The average molecular weight is 395 g/mol. The standard InChI is InChI=1S/C24H17N3OS/c28-23-22(16-17-11-12-21-18(15-17)13-14-25-21)29-24(26-19-7-3-1-4-8-19)27(23)20-9-5-2-6-10-20/h1-16,25H. The number of H-pyrrole nitrogens is 1. The summed E-state index contributed by atoms with van der Waals surface area (Å²) in [6, 6.07) is 27.5. The van der Waals surface area contributed by atoms with Crippen LogP contribution in [0.15, 0.2) is 101 Å². The summed E-state index contributed by atoms with van der Waals surface area (Å²) in [5.74, 6) is -0.0648. The Kier molecular flexibility index (Phi) is 4.50. The molecule has 1 aliphatic rings. The smallest absolute Gasteiger partial charge is 0.271 e. The lowest BCUT2D eigenvalue weighted by atomic mass is 10.1. The second kappa shape index (κ2) is 7.45. The number of benzene rings is 3. The van der Waals surface area contributed by atoms with E-state index in [9.17, 15) is 4.79 Å². The number of aromatic amines is 1. The molecule has 0 bridgehead atoms. The number of aliphatic imine (C=N–C) groups is 1. The zero-order chi connectivity index (χ0) is 19.6. The maximum Gasteiger partial charge on any atom is 0.271 e. The fraction of sp³-hybridized carbons (Fsp3) is 0. The first-order valence-electron chi connectivity index (χ1n) is 9.28. The van der Waals surface area contributed by atoms with E-state index in [0.717, 1.165) is 27.8 Å². The van der Waals surface area contributed by atoms with Crippen LogP contribution in [-0.2, 0) is 4.79 Å². The van der Waals surface area contributed by atoms with Crippen LogP contribution >= 0.6 is 11.8 Å². The summed E-state index contributed by atoms with van der Waals surface area (Å²) in [4.78, 5) is 23.5. The first kappa shape index (κ1) is 17.5. The number of rotatable bonds is 3. The molecule has 1 N–H and O–H groups in total. The molecule has 4 nitrogen and oxygen atoms in total. The lowest BCUT2D eigenvalue weighted by Gasteiger charge is -2.15. The van der Waals surface area contributed by atoms with Gasteiger partial charge < -0.3 is 4.98 Å². The number of amidine groups is 1. The predicted molar refractivity (Wildman–Crippen MR) is 121 cm³/mol. The Bertz CT molecular complexity index is 1240. The third kappa shape index (κ3) is 3.48. The summed E-state index contributed by atoms with van der Waals surface area (Å²) < 4.78 is 0. The van der Waals surface area contributed by atoms with Gasteiger partial charge in [-0.1, -0.05) is 42.5 Å². The minimum absolute atomic E-state index is 0.0648. The zero-order valence-electron chi connectivity index (χ0n) is 15.4. The molecule has 5 heteroatoms. The summed E-state index contributed by atoms with van der Waals surface area (Å²) in [6.07, 6.45) is 3.85. The highest BCUT2D eigenvalue weighted by Crippen LogP contribution is 2.37. The number of para-hydroxylation sites is 2. The monoisotopic (exact) mass is 395 g/mol. The van der Waals surface area contributed by atoms with Crippen molar-refractivity contribution in [2.24, 2.45) is 4.99 Å². The summed E-state index contributed by atoms with van der Waals surface area (Å²) in [6.45, 7) is 0. The molecule has 29 heavy (non-hydrogen) atoms. The van der Waals surface area contributed by atoms with E-state index in [2.05, 4.69) is 11.1 Å². The Balaban J connectivity index is 1.57. The quantitative estimate of drug-likeness (QED) is 0.434. The van der Waals surface area contributed by atoms with Crippen LogP contribution in [0.4, 0.5) is 11.4 Å². The van der Waals surface area contributed by atoms with Gasteiger partial charge in [-0.15, -0.1) is 0 Å². The van der Waals surface area contributed by atoms with Crippen molar-refractivity contribution in [2.75, 3.05) is 4.90 Å². The Hall–Kier alpha value is -3.57. The van der Waals surface area contributed by atoms with Gasteiger partial charge >= 0.3 is 0 Å². The molecule has 0 unspecified atom stereocenters. The lowest BCUT2D eigenvalue weighted by Crippen LogP contribution is -2.28. The third-order valence-corrected chi connectivity index (χ3v) is 5.65. The lowest BCUT2D eigenvalue weighted by molar-refractivity contribution is -0.113. The number of thioether (sulfide) groups is 1. The average Bonchev–Trinajstić information content (AvgIpc) is 3.34. The van der Waals surface area contributed by atoms with Crippen LogP contribution < -0.4 is 4.90 Å². The van der Waals surface area contributed by atoms with E-state index in [1.807, 2.05) is 91.1 Å². The third-order valence-electron chi connectivity index (χ3n) is 4.68. The molecule has 1 saturated heterocycles. The Morgan fingerprint density at radius 2 is 1.66 bits per heavy atom. The fourth-order valence-corrected chi connectivity index (χ4v) is 4.28. The van der Waals surface area contributed by atoms with Crippen LogP contribution in [0.1, 0.15) is 5.56 Å². The maximum atomic E-state index is 13.3. The number of aromatic nitrogens is 1. The number of carbonyl (C=O) groups is 1. The van der Waals surface area contributed by atoms with E-state index in [-0.39, 0.29) is 5.91 Å². The topological polar surface area (TPSA) is 48.5 Å². The molecule has 1 aliphatic heterocycles. The van der Waals surface area contributed by atoms with Crippen LogP contribution in [0.25, 0.3) is 17.0 Å². The highest BCUT2D eigenvalue weighted by atomic mass is 32.2. The number of carbonyl (C=O) groups excluding carboxylic acids is 1. The molecule has 3 aromatic carbocycles. The Morgan fingerprint density at radius 1 is 0.897 bits per heavy atom. The Labute approximate surface area is 172 Å². The molecule has 0 saturated carbocycles. The van der Waals surface area contributed by atoms with Gasteiger partial charge in [0, 0.05) is 11.7 Å². The highest BCUT2D eigenvalue weighted by molar-refractivity contribution is 8.19. The van der Waals surface area contributed by atoms with Crippen molar-refractivity contribution in [3.63, 3.8) is 0 Å². The SMILES string of the molecule is O=C1C(=Cc2ccc3[nH]ccc3c2)SC(=Nc2ccccc2)N1c1ccccc1. The van der Waals surface area contributed by atoms with Crippen LogP contribution in [-0.4, -0.2) is 16.1 Å². The maximum absolute atomic E-state index is 13.3. The molecule has 0 radical (unpaired) electrons. The number of nitrogens with one attached hydrogen (secondary N) is 1. The van der Waals surface area contributed by atoms with Crippen molar-refractivity contribution in [3.8, 4) is 0 Å². The van der Waals surface area contributed by atoms with Crippen molar-refractivity contribution < 1.29 is 4.79 Å². The van der Waals surface area contributed by atoms with Crippen molar-refractivity contribution in [1.82, 2.24) is 4.98 Å². The molecule has 1 aromatic heterocycles. The fourth-order valence-electron chi connectivity index (χ4n) is 3.28. The van der Waals surface area contributed by atoms with Gasteiger partial charge in [0.1, 0.15) is 0 Å². The summed E-state index contributed by atoms with van der Waals surface area (Å²) in [5.41, 5.74) is 3.69. The minimum atomic E-state index is -0.0648. The molecule has 1 amide bonds. The number of hydrogen-bond donors (Lipinski definition) is 1. The van der Waals surface area contributed by atoms with E-state index in [1.165, 1.54) is 11.8 Å². The van der Waals surface area contributed by atoms with Crippen LogP contribution in [0.2, 0.25) is 0 Å². The largest absolute Gasteiger partial charge is 0.361 e. The van der Waals surface area contributed by atoms with Gasteiger partial charge in [-0.05, 0) is 71.3 Å². The summed E-state index contributed by atoms with van der Waals surface area (Å²) >= 11 is 1.40. The minimum Gasteiger partial charge on any atom is -0.361 e. The molecule has 0 spiro atoms. The Morgan fingerprint density at radius 3 is 2.45 bits per heavy atom. The molecular formula is C24H17N3OS. The first-order valence-corrected chi connectivity index (χ1v) is 10.1. The van der Waals surface area contributed by atoms with E-state index in [0.29, 0.717) is 10.1 Å². The summed E-state index contributed by atoms with van der Waals surface area (Å²) in [7, 11) is 0. The van der Waals surface area contributed by atoms with Gasteiger partial charge in [0.15, 0.2) is 5.17 Å². The number of anilines is 1. The number of nitrogens with zero attached hydrogens (tertiary/aromatic N) is 2. The number of amides is 1. The van der Waals surface area contributed by atoms with Crippen LogP contribution in [0.5, 0.6) is 0 Å². The summed E-state index contributed by atoms with van der Waals surface area (Å²) in [5, 5.41) is 1.77. The van der Waals surface area contributed by atoms with Crippen molar-refractivity contribution >= 4 is 51.2 Å². The second-order valence-electron chi connectivity index (χ2n) is 6.64. The molecule has 2 heterocycles. The first-order chi connectivity index (χ1) is 14.3. The second-order valence-corrected chi connectivity index (χ2v) is 7.65. The molecule has 0 atom stereocenters. The van der Waals surface area contributed by atoms with Crippen molar-refractivity contribution in [3.05, 3.63) is 102 Å².